The van der Waals surface area contributed by atoms with Gasteiger partial charge in [-0.3, -0.25) is 0 Å². The van der Waals surface area contributed by atoms with Crippen LogP contribution in [0.3, 0.4) is 0 Å². The van der Waals surface area contributed by atoms with Gasteiger partial charge < -0.3 is 5.11 Å². The zero-order chi connectivity index (χ0) is 21.2. The SMILES string of the molecule is CC(C)CC(O)(c1ccc2ccccc2c1)[Si](C)(c1ccccc1)c1ccccc1. The Morgan fingerprint density at radius 1 is 0.700 bits per heavy atom. The average molecular weight is 411 g/mol. The molecule has 0 bridgehead atoms. The number of hydrogen-bond acceptors (Lipinski definition) is 1. The highest BCUT2D eigenvalue weighted by Gasteiger charge is 2.52. The molecule has 4 aromatic rings. The lowest BCUT2D eigenvalue weighted by Crippen LogP contribution is -2.70. The minimum absolute atomic E-state index is 0.362. The van der Waals surface area contributed by atoms with Crippen molar-refractivity contribution in [2.45, 2.75) is 32.0 Å². The van der Waals surface area contributed by atoms with Crippen LogP contribution in [-0.2, 0) is 5.22 Å². The number of benzene rings is 4. The predicted molar refractivity (Wildman–Crippen MR) is 131 cm³/mol. The van der Waals surface area contributed by atoms with Crippen molar-refractivity contribution in [3.63, 3.8) is 0 Å². The maximum atomic E-state index is 12.7. The molecule has 0 aliphatic carbocycles. The first kappa shape index (κ1) is 20.6. The van der Waals surface area contributed by atoms with Gasteiger partial charge in [0.05, 0.1) is 5.22 Å². The third-order valence-corrected chi connectivity index (χ3v) is 11.6. The highest BCUT2D eigenvalue weighted by molar-refractivity contribution is 7.03. The fourth-order valence-electron chi connectivity index (χ4n) is 4.84. The van der Waals surface area contributed by atoms with Crippen molar-refractivity contribution in [2.75, 3.05) is 0 Å². The van der Waals surface area contributed by atoms with E-state index in [2.05, 4.69) is 124 Å². The highest BCUT2D eigenvalue weighted by atomic mass is 28.3. The van der Waals surface area contributed by atoms with Crippen molar-refractivity contribution in [2.24, 2.45) is 5.92 Å². The van der Waals surface area contributed by atoms with Crippen molar-refractivity contribution in [3.05, 3.63) is 109 Å². The summed E-state index contributed by atoms with van der Waals surface area (Å²) in [6, 6.07) is 36.2. The van der Waals surface area contributed by atoms with Crippen molar-refractivity contribution in [1.82, 2.24) is 0 Å². The maximum Gasteiger partial charge on any atom is 0.154 e. The summed E-state index contributed by atoms with van der Waals surface area (Å²) in [6.07, 6.45) is 0.720. The molecule has 0 spiro atoms. The summed E-state index contributed by atoms with van der Waals surface area (Å²) in [5, 5.41) is 16.7. The second kappa shape index (κ2) is 8.21. The van der Waals surface area contributed by atoms with Crippen LogP contribution in [0.5, 0.6) is 0 Å². The first-order chi connectivity index (χ1) is 14.4. The normalized spacial score (nSPS) is 14.0. The highest BCUT2D eigenvalue weighted by Crippen LogP contribution is 2.38. The fraction of sp³-hybridized carbons (Fsp3) is 0.214. The monoisotopic (exact) mass is 410 g/mol. The van der Waals surface area contributed by atoms with E-state index in [4.69, 9.17) is 0 Å². The Morgan fingerprint density at radius 2 is 1.20 bits per heavy atom. The van der Waals surface area contributed by atoms with E-state index in [1.165, 1.54) is 21.1 Å². The first-order valence-electron chi connectivity index (χ1n) is 10.8. The molecule has 0 aliphatic heterocycles. The van der Waals surface area contributed by atoms with Crippen molar-refractivity contribution in [1.29, 1.82) is 0 Å². The molecule has 1 N–H and O–H groups in total. The standard InChI is InChI=1S/C28H30OSi/c1-22(2)21-28(29,25-19-18-23-12-10-11-13-24(23)20-25)30(3,26-14-6-4-7-15-26)27-16-8-5-9-17-27/h4-20,22,29H,21H2,1-3H3. The van der Waals surface area contributed by atoms with Gasteiger partial charge in [-0.05, 0) is 34.7 Å². The number of fused-ring (bicyclic) bond motifs is 1. The third kappa shape index (κ3) is 3.51. The molecule has 1 unspecified atom stereocenters. The molecule has 4 rings (SSSR count). The van der Waals surface area contributed by atoms with Crippen LogP contribution in [0.4, 0.5) is 0 Å². The summed E-state index contributed by atoms with van der Waals surface area (Å²) < 4.78 is 0. The Morgan fingerprint density at radius 3 is 1.73 bits per heavy atom. The Kier molecular flexibility index (Phi) is 5.64. The lowest BCUT2D eigenvalue weighted by atomic mass is 9.96. The smallest absolute Gasteiger partial charge is 0.154 e. The van der Waals surface area contributed by atoms with Gasteiger partial charge in [0.1, 0.15) is 0 Å². The number of aliphatic hydroxyl groups is 1. The van der Waals surface area contributed by atoms with E-state index in [1.807, 2.05) is 0 Å². The van der Waals surface area contributed by atoms with Crippen LogP contribution < -0.4 is 10.4 Å². The molecule has 0 radical (unpaired) electrons. The maximum absolute atomic E-state index is 12.7. The molecule has 30 heavy (non-hydrogen) atoms. The molecule has 0 amide bonds. The van der Waals surface area contributed by atoms with E-state index in [9.17, 15) is 5.11 Å². The molecule has 1 atom stereocenters. The van der Waals surface area contributed by atoms with E-state index in [1.54, 1.807) is 0 Å². The van der Waals surface area contributed by atoms with Gasteiger partial charge in [0.2, 0.25) is 0 Å². The van der Waals surface area contributed by atoms with Gasteiger partial charge in [0.25, 0.3) is 0 Å². The van der Waals surface area contributed by atoms with Crippen LogP contribution in [-0.4, -0.2) is 13.2 Å². The van der Waals surface area contributed by atoms with Crippen LogP contribution in [0, 0.1) is 5.92 Å². The van der Waals surface area contributed by atoms with Gasteiger partial charge in [-0.25, -0.2) is 0 Å². The fourth-order valence-corrected chi connectivity index (χ4v) is 9.39. The van der Waals surface area contributed by atoms with Gasteiger partial charge in [0.15, 0.2) is 8.07 Å². The minimum atomic E-state index is -2.59. The van der Waals surface area contributed by atoms with Crippen LogP contribution in [0.2, 0.25) is 6.55 Å². The van der Waals surface area contributed by atoms with Gasteiger partial charge in [-0.1, -0.05) is 128 Å². The van der Waals surface area contributed by atoms with Gasteiger partial charge >= 0.3 is 0 Å². The molecule has 0 heterocycles. The zero-order valence-electron chi connectivity index (χ0n) is 18.0. The summed E-state index contributed by atoms with van der Waals surface area (Å²) in [4.78, 5) is 0. The molecule has 0 saturated heterocycles. The topological polar surface area (TPSA) is 20.2 Å². The van der Waals surface area contributed by atoms with Crippen LogP contribution in [0.25, 0.3) is 10.8 Å². The van der Waals surface area contributed by atoms with E-state index in [0.29, 0.717) is 5.92 Å². The molecule has 0 saturated carbocycles. The molecular formula is C28H30OSi. The minimum Gasteiger partial charge on any atom is -0.388 e. The summed E-state index contributed by atoms with van der Waals surface area (Å²) in [7, 11) is -2.59. The quantitative estimate of drug-likeness (QED) is 0.416. The van der Waals surface area contributed by atoms with Crippen molar-refractivity contribution >= 4 is 29.2 Å². The summed E-state index contributed by atoms with van der Waals surface area (Å²) in [6.45, 7) is 6.74. The second-order valence-electron chi connectivity index (χ2n) is 8.88. The molecular weight excluding hydrogens is 380 g/mol. The Hall–Kier alpha value is -2.68. The van der Waals surface area contributed by atoms with Gasteiger partial charge in [-0.15, -0.1) is 0 Å². The summed E-state index contributed by atoms with van der Waals surface area (Å²) in [5.41, 5.74) is 1.02. The summed E-state index contributed by atoms with van der Waals surface area (Å²) in [5.74, 6) is 0.362. The zero-order valence-corrected chi connectivity index (χ0v) is 19.0. The van der Waals surface area contributed by atoms with Gasteiger partial charge in [-0.2, -0.15) is 0 Å². The van der Waals surface area contributed by atoms with E-state index >= 15 is 0 Å². The molecule has 0 aliphatic rings. The number of hydrogen-bond donors (Lipinski definition) is 1. The Labute approximate surface area is 181 Å². The van der Waals surface area contributed by atoms with Crippen molar-refractivity contribution in [3.8, 4) is 0 Å². The first-order valence-corrected chi connectivity index (χ1v) is 13.3. The molecule has 152 valence electrons. The number of rotatable bonds is 6. The third-order valence-electron chi connectivity index (χ3n) is 6.46. The molecule has 2 heteroatoms. The second-order valence-corrected chi connectivity index (χ2v) is 13.1. The van der Waals surface area contributed by atoms with Crippen LogP contribution >= 0.6 is 0 Å². The van der Waals surface area contributed by atoms with E-state index < -0.39 is 13.3 Å². The van der Waals surface area contributed by atoms with E-state index in [0.717, 1.165) is 12.0 Å². The Balaban J connectivity index is 2.01. The van der Waals surface area contributed by atoms with Crippen molar-refractivity contribution < 1.29 is 5.11 Å². The van der Waals surface area contributed by atoms with Gasteiger partial charge in [0, 0.05) is 0 Å². The molecule has 1 nitrogen and oxygen atoms in total. The molecule has 0 fully saturated rings. The van der Waals surface area contributed by atoms with E-state index in [-0.39, 0.29) is 0 Å². The van der Waals surface area contributed by atoms with Crippen LogP contribution in [0.1, 0.15) is 25.8 Å². The molecule has 0 aromatic heterocycles. The summed E-state index contributed by atoms with van der Waals surface area (Å²) >= 11 is 0. The lowest BCUT2D eigenvalue weighted by molar-refractivity contribution is 0.0924. The predicted octanol–water partition coefficient (Wildman–Crippen LogP) is 5.51. The molecule has 4 aromatic carbocycles. The largest absolute Gasteiger partial charge is 0.388 e. The lowest BCUT2D eigenvalue weighted by Gasteiger charge is -2.46. The van der Waals surface area contributed by atoms with Crippen LogP contribution in [0.15, 0.2) is 103 Å². The average Bonchev–Trinajstić information content (AvgIpc) is 2.78. The Bertz CT molecular complexity index is 1080.